The maximum atomic E-state index is 13.5. The highest BCUT2D eigenvalue weighted by Gasteiger charge is 2.53. The summed E-state index contributed by atoms with van der Waals surface area (Å²) < 4.78 is 43.6. The van der Waals surface area contributed by atoms with Crippen molar-refractivity contribution in [2.75, 3.05) is 12.3 Å². The van der Waals surface area contributed by atoms with Gasteiger partial charge in [0.1, 0.15) is 24.4 Å². The highest BCUT2D eigenvalue weighted by Crippen LogP contribution is 2.53. The second kappa shape index (κ2) is 6.69. The second-order valence-corrected chi connectivity index (χ2v) is 8.03. The number of carboxylic acid groups (broad SMARTS) is 1. The van der Waals surface area contributed by atoms with Gasteiger partial charge >= 0.3 is 19.8 Å². The van der Waals surface area contributed by atoms with E-state index in [1.54, 1.807) is 0 Å². The van der Waals surface area contributed by atoms with Crippen molar-refractivity contribution in [1.82, 2.24) is 24.6 Å². The molecule has 28 heavy (non-hydrogen) atoms. The molecule has 2 aromatic heterocycles. The standard InChI is InChI=1S/C13H16FN6O7P/c1-4(12(22)23)19-28(24)25-2-5-8(27-28)7(21)11(26-5)20-3-16-6-9(15)17-13(14)18-10(6)20/h3-5,7-8,11,21H,2H2,1H3,(H,19,24)(H,22,23)(H2,15,17,18)/t4-,5+,7-,8+,11+,28?/m0/s1. The molecular formula is C13H16FN6O7P. The summed E-state index contributed by atoms with van der Waals surface area (Å²) >= 11 is 0. The fraction of sp³-hybridized carbons (Fsp3) is 0.538. The number of nitrogen functional groups attached to an aromatic ring is 1. The molecule has 0 radical (unpaired) electrons. The van der Waals surface area contributed by atoms with Crippen LogP contribution in [0.15, 0.2) is 6.33 Å². The largest absolute Gasteiger partial charge is 0.480 e. The quantitative estimate of drug-likeness (QED) is 0.365. The summed E-state index contributed by atoms with van der Waals surface area (Å²) in [6.07, 6.45) is -4.22. The van der Waals surface area contributed by atoms with Crippen molar-refractivity contribution in [1.29, 1.82) is 0 Å². The first-order chi connectivity index (χ1) is 13.2. The highest BCUT2D eigenvalue weighted by molar-refractivity contribution is 7.51. The summed E-state index contributed by atoms with van der Waals surface area (Å²) in [5.74, 6) is -1.43. The lowest BCUT2D eigenvalue weighted by Crippen LogP contribution is -2.43. The molecule has 2 aromatic rings. The average Bonchev–Trinajstić information content (AvgIpc) is 3.16. The number of aromatic nitrogens is 4. The second-order valence-electron chi connectivity index (χ2n) is 6.31. The van der Waals surface area contributed by atoms with Gasteiger partial charge in [-0.3, -0.25) is 18.4 Å². The van der Waals surface area contributed by atoms with Gasteiger partial charge in [-0.05, 0) is 6.92 Å². The number of hydrogen-bond donors (Lipinski definition) is 4. The minimum Gasteiger partial charge on any atom is -0.480 e. The molecular weight excluding hydrogens is 402 g/mol. The van der Waals surface area contributed by atoms with Crippen molar-refractivity contribution >= 4 is 30.7 Å². The lowest BCUT2D eigenvalue weighted by atomic mass is 10.1. The fourth-order valence-electron chi connectivity index (χ4n) is 3.03. The Morgan fingerprint density at radius 3 is 3.00 bits per heavy atom. The molecule has 13 nitrogen and oxygen atoms in total. The molecule has 0 amide bonds. The van der Waals surface area contributed by atoms with Crippen molar-refractivity contribution in [3.63, 3.8) is 0 Å². The van der Waals surface area contributed by atoms with Crippen LogP contribution in [0.3, 0.4) is 0 Å². The van der Waals surface area contributed by atoms with E-state index in [2.05, 4.69) is 20.0 Å². The van der Waals surface area contributed by atoms with Crippen LogP contribution in [-0.4, -0.2) is 66.7 Å². The minimum atomic E-state index is -4.00. The van der Waals surface area contributed by atoms with Gasteiger partial charge in [-0.15, -0.1) is 0 Å². The van der Waals surface area contributed by atoms with Crippen LogP contribution in [0.4, 0.5) is 10.2 Å². The van der Waals surface area contributed by atoms with Crippen LogP contribution in [0.5, 0.6) is 0 Å². The molecule has 0 saturated carbocycles. The Morgan fingerprint density at radius 2 is 2.29 bits per heavy atom. The molecule has 2 aliphatic rings. The molecule has 2 aliphatic heterocycles. The number of fused-ring (bicyclic) bond motifs is 2. The summed E-state index contributed by atoms with van der Waals surface area (Å²) in [6, 6.07) is -1.21. The van der Waals surface area contributed by atoms with Gasteiger partial charge in [0.25, 0.3) is 0 Å². The number of nitrogens with zero attached hydrogens (tertiary/aromatic N) is 4. The first-order valence-corrected chi connectivity index (χ1v) is 9.65. The van der Waals surface area contributed by atoms with Crippen molar-refractivity contribution in [3.8, 4) is 0 Å². The van der Waals surface area contributed by atoms with Gasteiger partial charge in [-0.2, -0.15) is 14.4 Å². The number of aliphatic carboxylic acids is 1. The first kappa shape index (κ1) is 19.1. The van der Waals surface area contributed by atoms with Crippen LogP contribution < -0.4 is 10.8 Å². The summed E-state index contributed by atoms with van der Waals surface area (Å²) in [6.45, 7) is 1.04. The smallest absolute Gasteiger partial charge is 0.406 e. The molecule has 6 atom stereocenters. The lowest BCUT2D eigenvalue weighted by molar-refractivity contribution is -0.138. The van der Waals surface area contributed by atoms with Crippen molar-refractivity contribution in [2.24, 2.45) is 0 Å². The Balaban J connectivity index is 1.60. The number of nitrogens with one attached hydrogen (secondary N) is 1. The van der Waals surface area contributed by atoms with E-state index >= 15 is 0 Å². The molecule has 4 rings (SSSR count). The molecule has 152 valence electrons. The van der Waals surface area contributed by atoms with Gasteiger partial charge in [-0.1, -0.05) is 0 Å². The highest BCUT2D eigenvalue weighted by atomic mass is 31.2. The number of halogens is 1. The van der Waals surface area contributed by atoms with E-state index in [4.69, 9.17) is 24.6 Å². The van der Waals surface area contributed by atoms with Crippen LogP contribution in [-0.2, 0) is 23.1 Å². The zero-order chi connectivity index (χ0) is 20.2. The number of aliphatic hydroxyl groups excluding tert-OH is 1. The Hall–Kier alpha value is -2.22. The topological polar surface area (TPSA) is 184 Å². The molecule has 4 heterocycles. The third kappa shape index (κ3) is 3.13. The van der Waals surface area contributed by atoms with Crippen molar-refractivity contribution < 1.29 is 37.7 Å². The maximum Gasteiger partial charge on any atom is 0.406 e. The van der Waals surface area contributed by atoms with E-state index in [0.29, 0.717) is 0 Å². The van der Waals surface area contributed by atoms with Crippen molar-refractivity contribution in [2.45, 2.75) is 37.5 Å². The average molecular weight is 418 g/mol. The molecule has 5 N–H and O–H groups in total. The lowest BCUT2D eigenvalue weighted by Gasteiger charge is -2.32. The normalized spacial score (nSPS) is 33.7. The molecule has 15 heteroatoms. The number of anilines is 1. The zero-order valence-corrected chi connectivity index (χ0v) is 15.2. The van der Waals surface area contributed by atoms with E-state index in [9.17, 15) is 18.9 Å². The molecule has 2 saturated heterocycles. The Kier molecular flexibility index (Phi) is 4.56. The number of aliphatic hydroxyl groups is 1. The molecule has 1 unspecified atom stereocenters. The van der Waals surface area contributed by atoms with E-state index < -0.39 is 50.4 Å². The fourth-order valence-corrected chi connectivity index (χ4v) is 4.74. The van der Waals surface area contributed by atoms with E-state index in [0.717, 1.165) is 0 Å². The number of ether oxygens (including phenoxy) is 1. The molecule has 2 fully saturated rings. The number of carbonyl (C=O) groups is 1. The summed E-state index contributed by atoms with van der Waals surface area (Å²) in [5.41, 5.74) is 5.73. The minimum absolute atomic E-state index is 0.00516. The molecule has 0 bridgehead atoms. The van der Waals surface area contributed by atoms with Gasteiger partial charge < -0.3 is 20.7 Å². The van der Waals surface area contributed by atoms with E-state index in [1.807, 2.05) is 0 Å². The predicted molar refractivity (Wildman–Crippen MR) is 88.3 cm³/mol. The van der Waals surface area contributed by atoms with Gasteiger partial charge in [0.05, 0.1) is 12.9 Å². The van der Waals surface area contributed by atoms with E-state index in [1.165, 1.54) is 17.8 Å². The predicted octanol–water partition coefficient (Wildman–Crippen LogP) is -0.608. The van der Waals surface area contributed by atoms with Gasteiger partial charge in [-0.25, -0.2) is 14.6 Å². The Labute approximate surface area is 156 Å². The molecule has 0 aromatic carbocycles. The number of rotatable bonds is 4. The summed E-state index contributed by atoms with van der Waals surface area (Å²) in [5, 5.41) is 21.8. The number of nitrogens with two attached hydrogens (primary N) is 1. The van der Waals surface area contributed by atoms with Gasteiger partial charge in [0, 0.05) is 0 Å². The number of carboxylic acids is 1. The summed E-state index contributed by atoms with van der Waals surface area (Å²) in [4.78, 5) is 22.0. The van der Waals surface area contributed by atoms with Gasteiger partial charge in [0.15, 0.2) is 23.2 Å². The van der Waals surface area contributed by atoms with Gasteiger partial charge in [0.2, 0.25) is 0 Å². The molecule has 0 aliphatic carbocycles. The zero-order valence-electron chi connectivity index (χ0n) is 14.3. The third-order valence-electron chi connectivity index (χ3n) is 4.40. The molecule has 0 spiro atoms. The van der Waals surface area contributed by atoms with Crippen molar-refractivity contribution in [3.05, 3.63) is 12.4 Å². The van der Waals surface area contributed by atoms with Crippen LogP contribution >= 0.6 is 7.75 Å². The van der Waals surface area contributed by atoms with Crippen LogP contribution in [0, 0.1) is 6.08 Å². The Bertz CT molecular complexity index is 988. The monoisotopic (exact) mass is 418 g/mol. The Morgan fingerprint density at radius 1 is 1.54 bits per heavy atom. The van der Waals surface area contributed by atoms with Crippen LogP contribution in [0.1, 0.15) is 13.2 Å². The number of imidazole rings is 1. The third-order valence-corrected chi connectivity index (χ3v) is 6.11. The van der Waals surface area contributed by atoms with E-state index in [-0.39, 0.29) is 23.6 Å². The van der Waals surface area contributed by atoms with Crippen LogP contribution in [0.25, 0.3) is 11.2 Å². The summed E-state index contributed by atoms with van der Waals surface area (Å²) in [7, 11) is -4.00. The number of hydrogen-bond acceptors (Lipinski definition) is 10. The first-order valence-electron chi connectivity index (χ1n) is 8.11. The maximum absolute atomic E-state index is 13.5. The van der Waals surface area contributed by atoms with Crippen LogP contribution in [0.2, 0.25) is 0 Å². The SMILES string of the molecule is C[C@H](NP1(=O)OC[C@H]2O[C@@H](n3cnc4c(N)nc(F)nc43)[C@@H](O)[C@@H]2O1)C(=O)O.